The number of nitrogens with two attached hydrogens (primary N) is 1. The number of H-pyrrole nitrogens is 1. The molecule has 2 rings (SSSR count). The van der Waals surface area contributed by atoms with Gasteiger partial charge in [-0.1, -0.05) is 25.1 Å². The van der Waals surface area contributed by atoms with Crippen LogP contribution in [0.2, 0.25) is 0 Å². The van der Waals surface area contributed by atoms with Crippen molar-refractivity contribution in [3.05, 3.63) is 41.6 Å². The summed E-state index contributed by atoms with van der Waals surface area (Å²) in [6.45, 7) is 2.03. The van der Waals surface area contributed by atoms with Crippen molar-refractivity contribution in [2.75, 3.05) is 11.1 Å². The molecule has 0 saturated carbocycles. The van der Waals surface area contributed by atoms with Crippen molar-refractivity contribution in [2.24, 2.45) is 0 Å². The fraction of sp³-hybridized carbons (Fsp3) is 0.286. The van der Waals surface area contributed by atoms with Gasteiger partial charge in [-0.2, -0.15) is 5.10 Å². The number of anilines is 2. The number of nitrogens with zero attached hydrogens (tertiary/aromatic N) is 1. The van der Waals surface area contributed by atoms with Gasteiger partial charge >= 0.3 is 0 Å². The third kappa shape index (κ3) is 3.58. The fourth-order valence-corrected chi connectivity index (χ4v) is 1.82. The zero-order chi connectivity index (χ0) is 13.7. The minimum atomic E-state index is -0.0580. The second-order valence-corrected chi connectivity index (χ2v) is 4.38. The van der Waals surface area contributed by atoms with Gasteiger partial charge in [0.1, 0.15) is 0 Å². The number of hydrogen-bond acceptors (Lipinski definition) is 3. The van der Waals surface area contributed by atoms with Crippen molar-refractivity contribution >= 4 is 17.4 Å². The molecule has 0 aliphatic heterocycles. The van der Waals surface area contributed by atoms with Crippen molar-refractivity contribution in [1.82, 2.24) is 10.2 Å². The van der Waals surface area contributed by atoms with Crippen LogP contribution in [0, 0.1) is 0 Å². The maximum absolute atomic E-state index is 11.8. The standard InChI is InChI=1S/C14H18N4O/c1-2-11-9-13(18-17-11)16-14(19)8-7-10-5-3-4-6-12(10)15/h3-6,9H,2,7-8,15H2,1H3,(H2,16,17,18,19). The normalized spacial score (nSPS) is 10.4. The van der Waals surface area contributed by atoms with Gasteiger partial charge in [0, 0.05) is 23.9 Å². The molecular formula is C14H18N4O. The maximum atomic E-state index is 11.8. The molecular weight excluding hydrogens is 240 g/mol. The highest BCUT2D eigenvalue weighted by Gasteiger charge is 2.07. The van der Waals surface area contributed by atoms with Gasteiger partial charge in [-0.3, -0.25) is 9.89 Å². The van der Waals surface area contributed by atoms with E-state index in [4.69, 9.17) is 5.73 Å². The molecule has 0 radical (unpaired) electrons. The second kappa shape index (κ2) is 6.04. The van der Waals surface area contributed by atoms with Gasteiger partial charge in [0.05, 0.1) is 0 Å². The van der Waals surface area contributed by atoms with E-state index in [-0.39, 0.29) is 5.91 Å². The Morgan fingerprint density at radius 1 is 1.42 bits per heavy atom. The van der Waals surface area contributed by atoms with Crippen molar-refractivity contribution in [2.45, 2.75) is 26.2 Å². The third-order valence-electron chi connectivity index (χ3n) is 2.96. The van der Waals surface area contributed by atoms with Crippen molar-refractivity contribution in [1.29, 1.82) is 0 Å². The van der Waals surface area contributed by atoms with E-state index in [1.807, 2.05) is 37.3 Å². The maximum Gasteiger partial charge on any atom is 0.225 e. The lowest BCUT2D eigenvalue weighted by Crippen LogP contribution is -2.13. The zero-order valence-electron chi connectivity index (χ0n) is 10.9. The Hall–Kier alpha value is -2.30. The lowest BCUT2D eigenvalue weighted by Gasteiger charge is -2.05. The van der Waals surface area contributed by atoms with E-state index in [0.29, 0.717) is 18.7 Å². The van der Waals surface area contributed by atoms with Gasteiger partial charge in [-0.05, 0) is 24.5 Å². The number of carbonyl (C=O) groups is 1. The van der Waals surface area contributed by atoms with Crippen molar-refractivity contribution in [3.63, 3.8) is 0 Å². The Balaban J connectivity index is 1.86. The predicted octanol–water partition coefficient (Wildman–Crippen LogP) is 2.13. The van der Waals surface area contributed by atoms with Crippen LogP contribution in [0.3, 0.4) is 0 Å². The lowest BCUT2D eigenvalue weighted by atomic mass is 10.1. The molecule has 0 atom stereocenters. The number of aryl methyl sites for hydroxylation is 2. The number of amides is 1. The Morgan fingerprint density at radius 3 is 2.89 bits per heavy atom. The van der Waals surface area contributed by atoms with Crippen molar-refractivity contribution < 1.29 is 4.79 Å². The summed E-state index contributed by atoms with van der Waals surface area (Å²) in [5.74, 6) is 0.514. The van der Waals surface area contributed by atoms with Gasteiger partial charge in [0.25, 0.3) is 0 Å². The molecule has 0 saturated heterocycles. The van der Waals surface area contributed by atoms with Gasteiger partial charge in [0.2, 0.25) is 5.91 Å². The van der Waals surface area contributed by atoms with E-state index in [2.05, 4.69) is 15.5 Å². The number of benzene rings is 1. The molecule has 100 valence electrons. The summed E-state index contributed by atoms with van der Waals surface area (Å²) in [5, 5.41) is 9.64. The average Bonchev–Trinajstić information content (AvgIpc) is 2.85. The van der Waals surface area contributed by atoms with Crippen LogP contribution in [0.1, 0.15) is 24.6 Å². The Bertz CT molecular complexity index is 562. The molecule has 0 bridgehead atoms. The molecule has 1 aromatic carbocycles. The van der Waals surface area contributed by atoms with E-state index in [1.165, 1.54) is 0 Å². The van der Waals surface area contributed by atoms with E-state index >= 15 is 0 Å². The highest BCUT2D eigenvalue weighted by molar-refractivity contribution is 5.90. The molecule has 1 heterocycles. The molecule has 1 amide bonds. The first-order chi connectivity index (χ1) is 9.19. The second-order valence-electron chi connectivity index (χ2n) is 4.38. The van der Waals surface area contributed by atoms with E-state index in [1.54, 1.807) is 0 Å². The topological polar surface area (TPSA) is 83.8 Å². The fourth-order valence-electron chi connectivity index (χ4n) is 1.82. The van der Waals surface area contributed by atoms with Gasteiger partial charge in [-0.15, -0.1) is 0 Å². The van der Waals surface area contributed by atoms with E-state index < -0.39 is 0 Å². The number of para-hydroxylation sites is 1. The van der Waals surface area contributed by atoms with Crippen LogP contribution in [-0.4, -0.2) is 16.1 Å². The highest BCUT2D eigenvalue weighted by atomic mass is 16.1. The molecule has 0 fully saturated rings. The monoisotopic (exact) mass is 258 g/mol. The number of nitrogens with one attached hydrogen (secondary N) is 2. The Morgan fingerprint density at radius 2 is 2.21 bits per heavy atom. The Kier molecular flexibility index (Phi) is 4.18. The molecule has 0 aliphatic rings. The highest BCUT2D eigenvalue weighted by Crippen LogP contribution is 2.13. The molecule has 2 aromatic rings. The SMILES string of the molecule is CCc1cc(NC(=O)CCc2ccccc2N)n[nH]1. The van der Waals surface area contributed by atoms with Gasteiger partial charge in [0.15, 0.2) is 5.82 Å². The van der Waals surface area contributed by atoms with Crippen LogP contribution < -0.4 is 11.1 Å². The number of carbonyl (C=O) groups excluding carboxylic acids is 1. The summed E-state index contributed by atoms with van der Waals surface area (Å²) in [6, 6.07) is 9.43. The molecule has 1 aromatic heterocycles. The van der Waals surface area contributed by atoms with E-state index in [0.717, 1.165) is 23.4 Å². The lowest BCUT2D eigenvalue weighted by molar-refractivity contribution is -0.116. The minimum Gasteiger partial charge on any atom is -0.399 e. The number of rotatable bonds is 5. The first kappa shape index (κ1) is 13.1. The summed E-state index contributed by atoms with van der Waals surface area (Å²) >= 11 is 0. The Labute approximate surface area is 112 Å². The van der Waals surface area contributed by atoms with Crippen LogP contribution in [0.4, 0.5) is 11.5 Å². The predicted molar refractivity (Wildman–Crippen MR) is 75.8 cm³/mol. The minimum absolute atomic E-state index is 0.0580. The van der Waals surface area contributed by atoms with Crippen molar-refractivity contribution in [3.8, 4) is 0 Å². The number of aromatic nitrogens is 2. The molecule has 0 unspecified atom stereocenters. The van der Waals surface area contributed by atoms with Crippen LogP contribution in [0.5, 0.6) is 0 Å². The smallest absolute Gasteiger partial charge is 0.225 e. The van der Waals surface area contributed by atoms with E-state index in [9.17, 15) is 4.79 Å². The largest absolute Gasteiger partial charge is 0.399 e. The van der Waals surface area contributed by atoms with Crippen LogP contribution >= 0.6 is 0 Å². The van der Waals surface area contributed by atoms with Crippen LogP contribution in [-0.2, 0) is 17.6 Å². The summed E-state index contributed by atoms with van der Waals surface area (Å²) in [5.41, 5.74) is 8.55. The molecule has 5 heteroatoms. The molecule has 19 heavy (non-hydrogen) atoms. The van der Waals surface area contributed by atoms with Gasteiger partial charge in [-0.25, -0.2) is 0 Å². The number of aromatic amines is 1. The number of hydrogen-bond donors (Lipinski definition) is 3. The molecule has 0 aliphatic carbocycles. The summed E-state index contributed by atoms with van der Waals surface area (Å²) < 4.78 is 0. The molecule has 5 nitrogen and oxygen atoms in total. The third-order valence-corrected chi connectivity index (χ3v) is 2.96. The van der Waals surface area contributed by atoms with Gasteiger partial charge < -0.3 is 11.1 Å². The van der Waals surface area contributed by atoms with Crippen LogP contribution in [0.25, 0.3) is 0 Å². The van der Waals surface area contributed by atoms with Crippen LogP contribution in [0.15, 0.2) is 30.3 Å². The summed E-state index contributed by atoms with van der Waals surface area (Å²) in [7, 11) is 0. The molecule has 4 N–H and O–H groups in total. The average molecular weight is 258 g/mol. The summed E-state index contributed by atoms with van der Waals surface area (Å²) in [6.07, 6.45) is 1.88. The first-order valence-corrected chi connectivity index (χ1v) is 6.36. The molecule has 0 spiro atoms. The summed E-state index contributed by atoms with van der Waals surface area (Å²) in [4.78, 5) is 11.8. The number of nitrogen functional groups attached to an aromatic ring is 1. The quantitative estimate of drug-likeness (QED) is 0.718. The zero-order valence-corrected chi connectivity index (χ0v) is 10.9. The first-order valence-electron chi connectivity index (χ1n) is 6.36.